The van der Waals surface area contributed by atoms with Crippen LogP contribution in [-0.4, -0.2) is 45.0 Å². The Hall–Kier alpha value is -1.81. The van der Waals surface area contributed by atoms with Crippen LogP contribution < -0.4 is 4.74 Å². The molecule has 2 rings (SSSR count). The maximum Gasteiger partial charge on any atom is 0.126 e. The van der Waals surface area contributed by atoms with E-state index in [4.69, 9.17) is 9.57 Å². The molecule has 138 valence electrons. The third-order valence-corrected chi connectivity index (χ3v) is 4.55. The van der Waals surface area contributed by atoms with Crippen molar-refractivity contribution in [1.82, 2.24) is 4.90 Å². The molecule has 0 radical (unpaired) electrons. The van der Waals surface area contributed by atoms with Crippen molar-refractivity contribution in [3.8, 4) is 5.75 Å². The normalized spacial score (nSPS) is 22.4. The van der Waals surface area contributed by atoms with Crippen molar-refractivity contribution in [2.45, 2.75) is 33.1 Å². The predicted octanol–water partition coefficient (Wildman–Crippen LogP) is 4.47. The van der Waals surface area contributed by atoms with Crippen LogP contribution in [0.2, 0.25) is 0 Å². The van der Waals surface area contributed by atoms with Gasteiger partial charge >= 0.3 is 0 Å². The van der Waals surface area contributed by atoms with Crippen LogP contribution in [0.1, 0.15) is 38.7 Å². The van der Waals surface area contributed by atoms with Gasteiger partial charge in [0.1, 0.15) is 12.4 Å². The number of ether oxygens (including phenoxy) is 1. The lowest BCUT2D eigenvalue weighted by Gasteiger charge is -2.23. The smallest absolute Gasteiger partial charge is 0.126 e. The highest BCUT2D eigenvalue weighted by atomic mass is 16.6. The van der Waals surface area contributed by atoms with Gasteiger partial charge in [-0.25, -0.2) is 0 Å². The zero-order chi connectivity index (χ0) is 18.2. The van der Waals surface area contributed by atoms with E-state index in [-0.39, 0.29) is 0 Å². The summed E-state index contributed by atoms with van der Waals surface area (Å²) in [6, 6.07) is 8.11. The summed E-state index contributed by atoms with van der Waals surface area (Å²) in [5.41, 5.74) is 3.46. The summed E-state index contributed by atoms with van der Waals surface area (Å²) in [7, 11) is 5.88. The summed E-state index contributed by atoms with van der Waals surface area (Å²) >= 11 is 0. The maximum absolute atomic E-state index is 5.72. The number of oxime groups is 1. The molecule has 0 bridgehead atoms. The minimum atomic E-state index is 0.430. The van der Waals surface area contributed by atoms with Crippen molar-refractivity contribution in [3.63, 3.8) is 0 Å². The van der Waals surface area contributed by atoms with Gasteiger partial charge in [0.05, 0.1) is 12.8 Å². The summed E-state index contributed by atoms with van der Waals surface area (Å²) in [6.45, 7) is 6.08. The number of methoxy groups -OCH3 is 1. The molecule has 0 amide bonds. The monoisotopic (exact) mass is 344 g/mol. The molecule has 0 aromatic heterocycles. The van der Waals surface area contributed by atoms with Gasteiger partial charge < -0.3 is 14.5 Å². The van der Waals surface area contributed by atoms with Crippen molar-refractivity contribution in [3.05, 3.63) is 35.4 Å². The van der Waals surface area contributed by atoms with Gasteiger partial charge in [0.25, 0.3) is 0 Å². The first-order valence-corrected chi connectivity index (χ1v) is 9.19. The topological polar surface area (TPSA) is 34.1 Å². The average molecular weight is 344 g/mol. The van der Waals surface area contributed by atoms with Gasteiger partial charge in [-0.05, 0) is 51.1 Å². The van der Waals surface area contributed by atoms with E-state index >= 15 is 0 Å². The van der Waals surface area contributed by atoms with Gasteiger partial charge in [0.15, 0.2) is 0 Å². The fourth-order valence-corrected chi connectivity index (χ4v) is 3.36. The zero-order valence-electron chi connectivity index (χ0n) is 16.3. The molecule has 1 aliphatic carbocycles. The SMILES string of the molecule is COc1ccccc1C=C1CCC[C@@H](C)C1=NOC[C@@H](C)CN(C)C. The standard InChI is InChI=1S/C21H32N2O2/c1-16(14-23(3)4)15-25-22-21-17(2)9-8-11-19(21)13-18-10-6-7-12-20(18)24-5/h6-7,10,12-13,16-17H,8-9,11,14-15H2,1-5H3/t16-,17+/m0/s1. The van der Waals surface area contributed by atoms with Crippen molar-refractivity contribution in [2.75, 3.05) is 34.4 Å². The van der Waals surface area contributed by atoms with Crippen molar-refractivity contribution >= 4 is 11.8 Å². The summed E-state index contributed by atoms with van der Waals surface area (Å²) in [5, 5.41) is 4.53. The molecule has 0 spiro atoms. The molecule has 0 N–H and O–H groups in total. The highest BCUT2D eigenvalue weighted by Crippen LogP contribution is 2.30. The van der Waals surface area contributed by atoms with E-state index in [1.165, 1.54) is 18.4 Å². The van der Waals surface area contributed by atoms with Crippen LogP contribution in [0.4, 0.5) is 0 Å². The largest absolute Gasteiger partial charge is 0.496 e. The van der Waals surface area contributed by atoms with E-state index in [1.807, 2.05) is 18.2 Å². The molecular weight excluding hydrogens is 312 g/mol. The highest BCUT2D eigenvalue weighted by Gasteiger charge is 2.22. The molecule has 4 nitrogen and oxygen atoms in total. The minimum Gasteiger partial charge on any atom is -0.496 e. The molecule has 25 heavy (non-hydrogen) atoms. The van der Waals surface area contributed by atoms with Crippen molar-refractivity contribution in [1.29, 1.82) is 0 Å². The number of para-hydroxylation sites is 1. The fourth-order valence-electron chi connectivity index (χ4n) is 3.36. The molecule has 1 fully saturated rings. The molecule has 2 atom stereocenters. The Labute approximate surface area is 152 Å². The van der Waals surface area contributed by atoms with Crippen LogP contribution in [-0.2, 0) is 4.84 Å². The molecule has 1 aromatic rings. The van der Waals surface area contributed by atoms with Crippen LogP contribution in [0.3, 0.4) is 0 Å². The van der Waals surface area contributed by atoms with Crippen molar-refractivity contribution in [2.24, 2.45) is 17.0 Å². The predicted molar refractivity (Wildman–Crippen MR) is 105 cm³/mol. The number of rotatable bonds is 7. The second-order valence-electron chi connectivity index (χ2n) is 7.34. The molecule has 0 unspecified atom stereocenters. The number of hydrogen-bond acceptors (Lipinski definition) is 4. The van der Waals surface area contributed by atoms with E-state index in [9.17, 15) is 0 Å². The van der Waals surface area contributed by atoms with Crippen LogP contribution in [0.15, 0.2) is 35.0 Å². The molecule has 1 aromatic carbocycles. The summed E-state index contributed by atoms with van der Waals surface area (Å²) in [5.74, 6) is 1.78. The Balaban J connectivity index is 2.14. The molecule has 4 heteroatoms. The van der Waals surface area contributed by atoms with Gasteiger partial charge in [-0.15, -0.1) is 0 Å². The van der Waals surface area contributed by atoms with E-state index in [2.05, 4.69) is 50.1 Å². The first-order valence-electron chi connectivity index (χ1n) is 9.19. The van der Waals surface area contributed by atoms with E-state index in [0.717, 1.165) is 30.0 Å². The lowest BCUT2D eigenvalue weighted by molar-refractivity contribution is 0.100. The van der Waals surface area contributed by atoms with E-state index < -0.39 is 0 Å². The molecule has 1 aliphatic rings. The zero-order valence-corrected chi connectivity index (χ0v) is 16.3. The van der Waals surface area contributed by atoms with E-state index in [1.54, 1.807) is 7.11 Å². The molecule has 0 aliphatic heterocycles. The summed E-state index contributed by atoms with van der Waals surface area (Å²) < 4.78 is 5.48. The van der Waals surface area contributed by atoms with Gasteiger partial charge in [-0.1, -0.05) is 37.2 Å². The Morgan fingerprint density at radius 1 is 1.32 bits per heavy atom. The quantitative estimate of drug-likeness (QED) is 0.685. The Bertz CT molecular complexity index is 608. The minimum absolute atomic E-state index is 0.430. The number of benzene rings is 1. The van der Waals surface area contributed by atoms with E-state index in [0.29, 0.717) is 18.4 Å². The lowest BCUT2D eigenvalue weighted by Crippen LogP contribution is -2.23. The molecular formula is C21H32N2O2. The summed E-state index contributed by atoms with van der Waals surface area (Å²) in [4.78, 5) is 7.90. The van der Waals surface area contributed by atoms with Crippen LogP contribution >= 0.6 is 0 Å². The maximum atomic E-state index is 5.72. The van der Waals surface area contributed by atoms with Gasteiger partial charge in [0, 0.05) is 23.9 Å². The molecule has 0 saturated heterocycles. The molecule has 1 saturated carbocycles. The van der Waals surface area contributed by atoms with Gasteiger partial charge in [0.2, 0.25) is 0 Å². The molecule has 0 heterocycles. The Morgan fingerprint density at radius 3 is 2.80 bits per heavy atom. The Kier molecular flexibility index (Phi) is 7.51. The number of nitrogens with zero attached hydrogens (tertiary/aromatic N) is 2. The average Bonchev–Trinajstić information content (AvgIpc) is 2.57. The van der Waals surface area contributed by atoms with Crippen LogP contribution in [0, 0.1) is 11.8 Å². The number of allylic oxidation sites excluding steroid dienone is 1. The number of hydrogen-bond donors (Lipinski definition) is 0. The van der Waals surface area contributed by atoms with Crippen molar-refractivity contribution < 1.29 is 9.57 Å². The third-order valence-electron chi connectivity index (χ3n) is 4.55. The van der Waals surface area contributed by atoms with Crippen LogP contribution in [0.25, 0.3) is 6.08 Å². The first kappa shape index (κ1) is 19.5. The first-order chi connectivity index (χ1) is 12.0. The Morgan fingerprint density at radius 2 is 2.08 bits per heavy atom. The second kappa shape index (κ2) is 9.62. The fraction of sp³-hybridized carbons (Fsp3) is 0.571. The third kappa shape index (κ3) is 5.89. The summed E-state index contributed by atoms with van der Waals surface area (Å²) in [6.07, 6.45) is 5.61. The highest BCUT2D eigenvalue weighted by molar-refractivity contribution is 6.05. The lowest BCUT2D eigenvalue weighted by atomic mass is 9.84. The van der Waals surface area contributed by atoms with Gasteiger partial charge in [-0.2, -0.15) is 0 Å². The second-order valence-corrected chi connectivity index (χ2v) is 7.34. The van der Waals surface area contributed by atoms with Crippen LogP contribution in [0.5, 0.6) is 5.75 Å². The van der Waals surface area contributed by atoms with Gasteiger partial charge in [-0.3, -0.25) is 0 Å².